The monoisotopic (exact) mass is 280 g/mol. The molecule has 0 radical (unpaired) electrons. The number of halogens is 9. The van der Waals surface area contributed by atoms with E-state index in [1.54, 1.807) is 0 Å². The van der Waals surface area contributed by atoms with Crippen LogP contribution in [0.15, 0.2) is 0 Å². The molecule has 0 aliphatic carbocycles. The van der Waals surface area contributed by atoms with Gasteiger partial charge in [0.15, 0.2) is 0 Å². The molecular weight excluding hydrogens is 275 g/mol. The van der Waals surface area contributed by atoms with Crippen LogP contribution in [0, 0.1) is 0 Å². The van der Waals surface area contributed by atoms with Gasteiger partial charge in [-0.15, -0.1) is 0 Å². The molecular formula is C6H5F9S. The molecule has 16 heavy (non-hydrogen) atoms. The van der Waals surface area contributed by atoms with Crippen LogP contribution in [0.2, 0.25) is 0 Å². The highest BCUT2D eigenvalue weighted by atomic mass is 32.2. The van der Waals surface area contributed by atoms with Gasteiger partial charge in [0.05, 0.1) is 12.8 Å². The van der Waals surface area contributed by atoms with Gasteiger partial charge >= 0.3 is 17.9 Å². The lowest BCUT2D eigenvalue weighted by Gasteiger charge is -2.20. The van der Waals surface area contributed by atoms with Gasteiger partial charge in [0.25, 0.3) is 0 Å². The molecule has 0 aromatic carbocycles. The van der Waals surface area contributed by atoms with Crippen molar-refractivity contribution in [2.24, 2.45) is 0 Å². The summed E-state index contributed by atoms with van der Waals surface area (Å²) in [6.07, 6.45) is -14.4. The van der Waals surface area contributed by atoms with Crippen molar-refractivity contribution in [1.82, 2.24) is 0 Å². The maximum Gasteiger partial charge on any atom is 0.442 e. The number of rotatable bonds is 3. The summed E-state index contributed by atoms with van der Waals surface area (Å²) in [4.78, 5) is 0. The normalized spacial score (nSPS) is 14.6. The van der Waals surface area contributed by atoms with Crippen LogP contribution in [0.25, 0.3) is 0 Å². The summed E-state index contributed by atoms with van der Waals surface area (Å²) in [5, 5.41) is -2.60. The molecule has 0 aromatic heterocycles. The zero-order valence-electron chi connectivity index (χ0n) is 7.30. The maximum atomic E-state index is 11.7. The van der Waals surface area contributed by atoms with E-state index in [0.717, 1.165) is 0 Å². The number of hydrogen-bond donors (Lipinski definition) is 0. The standard InChI is InChI=1S/C6H5F9S/c7-4(8,9)1-3(2-5(10,11)12)16-6(13,14)15/h3H,1-2H2. The van der Waals surface area contributed by atoms with Crippen LogP contribution in [0.4, 0.5) is 39.5 Å². The average molecular weight is 280 g/mol. The minimum Gasteiger partial charge on any atom is -0.171 e. The Morgan fingerprint density at radius 1 is 0.688 bits per heavy atom. The summed E-state index contributed by atoms with van der Waals surface area (Å²) in [6, 6.07) is 0. The van der Waals surface area contributed by atoms with Crippen LogP contribution >= 0.6 is 11.8 Å². The first-order valence-corrected chi connectivity index (χ1v) is 4.54. The van der Waals surface area contributed by atoms with Gasteiger partial charge in [-0.05, 0) is 11.8 Å². The fourth-order valence-electron chi connectivity index (χ4n) is 0.861. The van der Waals surface area contributed by atoms with Crippen LogP contribution < -0.4 is 0 Å². The van der Waals surface area contributed by atoms with E-state index in [9.17, 15) is 39.5 Å². The average Bonchev–Trinajstić information content (AvgIpc) is 1.70. The second-order valence-corrected chi connectivity index (χ2v) is 4.19. The Hall–Kier alpha value is -0.280. The molecule has 0 rings (SSSR count). The van der Waals surface area contributed by atoms with Gasteiger partial charge in [0.2, 0.25) is 0 Å². The summed E-state index contributed by atoms with van der Waals surface area (Å²) in [6.45, 7) is 0. The first-order chi connectivity index (χ1) is 6.79. The molecule has 0 amide bonds. The molecule has 0 bridgehead atoms. The molecule has 0 N–H and O–H groups in total. The Balaban J connectivity index is 4.53. The van der Waals surface area contributed by atoms with Crippen molar-refractivity contribution < 1.29 is 39.5 Å². The lowest BCUT2D eigenvalue weighted by atomic mass is 10.2. The molecule has 0 aromatic rings. The molecule has 0 spiro atoms. The number of alkyl halides is 9. The number of thioether (sulfide) groups is 1. The molecule has 0 fully saturated rings. The molecule has 0 atom stereocenters. The zero-order chi connectivity index (χ0) is 13.2. The van der Waals surface area contributed by atoms with E-state index in [1.165, 1.54) is 0 Å². The highest BCUT2D eigenvalue weighted by molar-refractivity contribution is 8.00. The Morgan fingerprint density at radius 3 is 1.19 bits per heavy atom. The van der Waals surface area contributed by atoms with E-state index >= 15 is 0 Å². The molecule has 0 nitrogen and oxygen atoms in total. The van der Waals surface area contributed by atoms with Gasteiger partial charge in [-0.25, -0.2) is 0 Å². The van der Waals surface area contributed by atoms with Gasteiger partial charge < -0.3 is 0 Å². The Kier molecular flexibility index (Phi) is 4.84. The third kappa shape index (κ3) is 10.2. The van der Waals surface area contributed by atoms with Gasteiger partial charge in [0, 0.05) is 5.25 Å². The summed E-state index contributed by atoms with van der Waals surface area (Å²) in [5.74, 6) is 0. The molecule has 0 unspecified atom stereocenters. The minimum atomic E-state index is -5.12. The predicted octanol–water partition coefficient (Wildman–Crippen LogP) is 4.51. The molecule has 10 heteroatoms. The first kappa shape index (κ1) is 15.7. The molecule has 0 saturated heterocycles. The smallest absolute Gasteiger partial charge is 0.171 e. The second kappa shape index (κ2) is 4.92. The van der Waals surface area contributed by atoms with E-state index in [0.29, 0.717) is 0 Å². The molecule has 0 heterocycles. The zero-order valence-corrected chi connectivity index (χ0v) is 8.12. The van der Waals surface area contributed by atoms with Crippen molar-refractivity contribution in [3.8, 4) is 0 Å². The van der Waals surface area contributed by atoms with E-state index < -0.39 is 47.7 Å². The largest absolute Gasteiger partial charge is 0.442 e. The fraction of sp³-hybridized carbons (Fsp3) is 1.00. The van der Waals surface area contributed by atoms with Crippen LogP contribution in [0.3, 0.4) is 0 Å². The van der Waals surface area contributed by atoms with Gasteiger partial charge in [-0.2, -0.15) is 39.5 Å². The highest BCUT2D eigenvalue weighted by Crippen LogP contribution is 2.42. The lowest BCUT2D eigenvalue weighted by Crippen LogP contribution is -2.26. The van der Waals surface area contributed by atoms with Gasteiger partial charge in [0.1, 0.15) is 0 Å². The fourth-order valence-corrected chi connectivity index (χ4v) is 1.78. The van der Waals surface area contributed by atoms with Crippen LogP contribution in [0.1, 0.15) is 12.8 Å². The summed E-state index contributed by atoms with van der Waals surface area (Å²) < 4.78 is 105. The molecule has 0 aliphatic rings. The Morgan fingerprint density at radius 2 is 1.00 bits per heavy atom. The Labute approximate surface area is 88.2 Å². The van der Waals surface area contributed by atoms with Crippen molar-refractivity contribution >= 4 is 11.8 Å². The summed E-state index contributed by atoms with van der Waals surface area (Å²) in [5.41, 5.74) is -5.12. The highest BCUT2D eigenvalue weighted by Gasteiger charge is 2.44. The van der Waals surface area contributed by atoms with Crippen LogP contribution in [0.5, 0.6) is 0 Å². The molecule has 98 valence electrons. The quantitative estimate of drug-likeness (QED) is 0.685. The Bertz CT molecular complexity index is 173. The van der Waals surface area contributed by atoms with E-state index in [4.69, 9.17) is 0 Å². The van der Waals surface area contributed by atoms with Crippen LogP contribution in [-0.2, 0) is 0 Å². The maximum absolute atomic E-state index is 11.7. The second-order valence-electron chi connectivity index (χ2n) is 2.82. The van der Waals surface area contributed by atoms with Gasteiger partial charge in [-0.3, -0.25) is 0 Å². The van der Waals surface area contributed by atoms with Crippen molar-refractivity contribution in [1.29, 1.82) is 0 Å². The molecule has 0 aliphatic heterocycles. The SMILES string of the molecule is FC(F)(F)CC(CC(F)(F)F)SC(F)(F)F. The minimum absolute atomic E-state index is 1.28. The van der Waals surface area contributed by atoms with E-state index in [2.05, 4.69) is 0 Å². The van der Waals surface area contributed by atoms with E-state index in [-0.39, 0.29) is 0 Å². The topological polar surface area (TPSA) is 0 Å². The predicted molar refractivity (Wildman–Crippen MR) is 38.8 cm³/mol. The number of hydrogen-bond acceptors (Lipinski definition) is 1. The third-order valence-corrected chi connectivity index (χ3v) is 2.15. The van der Waals surface area contributed by atoms with E-state index in [1.807, 2.05) is 0 Å². The summed E-state index contributed by atoms with van der Waals surface area (Å²) in [7, 11) is 0. The van der Waals surface area contributed by atoms with Crippen LogP contribution in [-0.4, -0.2) is 23.1 Å². The third-order valence-electron chi connectivity index (χ3n) is 1.22. The van der Waals surface area contributed by atoms with Gasteiger partial charge in [-0.1, -0.05) is 0 Å². The first-order valence-electron chi connectivity index (χ1n) is 3.66. The van der Waals surface area contributed by atoms with Crippen molar-refractivity contribution in [2.75, 3.05) is 0 Å². The lowest BCUT2D eigenvalue weighted by molar-refractivity contribution is -0.155. The summed E-state index contributed by atoms with van der Waals surface area (Å²) >= 11 is -1.28. The molecule has 0 saturated carbocycles. The van der Waals surface area contributed by atoms with Crippen molar-refractivity contribution in [3.63, 3.8) is 0 Å². The van der Waals surface area contributed by atoms with Crippen molar-refractivity contribution in [2.45, 2.75) is 36.0 Å². The van der Waals surface area contributed by atoms with Crippen molar-refractivity contribution in [3.05, 3.63) is 0 Å².